The molecule has 0 saturated carbocycles. The fourth-order valence-electron chi connectivity index (χ4n) is 3.35. The monoisotopic (exact) mass is 258 g/mol. The number of nitrogens with two attached hydrogens (primary N) is 1. The normalized spacial score (nSPS) is 24.9. The minimum absolute atomic E-state index is 0.568. The first-order valence-corrected chi connectivity index (χ1v) is 8.08. The van der Waals surface area contributed by atoms with E-state index in [4.69, 9.17) is 5.73 Å². The summed E-state index contributed by atoms with van der Waals surface area (Å²) in [5.74, 6) is 3.41. The van der Waals surface area contributed by atoms with E-state index < -0.39 is 0 Å². The van der Waals surface area contributed by atoms with E-state index in [1.54, 1.807) is 0 Å². The molecule has 102 valence electrons. The average Bonchev–Trinajstić information content (AvgIpc) is 2.24. The second-order valence-corrected chi connectivity index (χ2v) is 7.59. The molecule has 0 amide bonds. The Kier molecular flexibility index (Phi) is 6.32. The van der Waals surface area contributed by atoms with Crippen LogP contribution in [0.3, 0.4) is 0 Å². The van der Waals surface area contributed by atoms with Crippen molar-refractivity contribution in [3.63, 3.8) is 0 Å². The van der Waals surface area contributed by atoms with Crippen LogP contribution in [0.25, 0.3) is 0 Å². The quantitative estimate of drug-likeness (QED) is 0.822. The Balaban J connectivity index is 2.73. The highest BCUT2D eigenvalue weighted by Gasteiger charge is 2.32. The molecule has 0 aliphatic carbocycles. The average molecular weight is 258 g/mol. The third-order valence-electron chi connectivity index (χ3n) is 3.97. The van der Waals surface area contributed by atoms with Gasteiger partial charge < -0.3 is 5.73 Å². The Hall–Kier alpha value is 0.270. The van der Waals surface area contributed by atoms with E-state index in [-0.39, 0.29) is 0 Å². The molecule has 2 N–H and O–H groups in total. The van der Waals surface area contributed by atoms with Crippen LogP contribution < -0.4 is 5.73 Å². The van der Waals surface area contributed by atoms with Crippen molar-refractivity contribution < 1.29 is 0 Å². The summed E-state index contributed by atoms with van der Waals surface area (Å²) < 4.78 is 0. The van der Waals surface area contributed by atoms with Crippen molar-refractivity contribution in [3.05, 3.63) is 0 Å². The Morgan fingerprint density at radius 1 is 1.24 bits per heavy atom. The highest BCUT2D eigenvalue weighted by molar-refractivity contribution is 7.99. The molecule has 1 fully saturated rings. The van der Waals surface area contributed by atoms with Crippen LogP contribution >= 0.6 is 11.8 Å². The van der Waals surface area contributed by atoms with Gasteiger partial charge in [-0.05, 0) is 17.8 Å². The largest absolute Gasteiger partial charge is 0.329 e. The zero-order chi connectivity index (χ0) is 13.0. The third kappa shape index (κ3) is 4.15. The maximum absolute atomic E-state index is 6.08. The van der Waals surface area contributed by atoms with Crippen molar-refractivity contribution in [2.45, 2.75) is 45.9 Å². The van der Waals surface area contributed by atoms with E-state index in [9.17, 15) is 0 Å². The smallest absolute Gasteiger partial charge is 0.0252 e. The second-order valence-electron chi connectivity index (χ2n) is 6.04. The van der Waals surface area contributed by atoms with Crippen molar-refractivity contribution >= 4 is 11.8 Å². The van der Waals surface area contributed by atoms with Crippen molar-refractivity contribution in [1.29, 1.82) is 0 Å². The molecule has 17 heavy (non-hydrogen) atoms. The molecule has 3 heteroatoms. The molecule has 0 aromatic rings. The van der Waals surface area contributed by atoms with E-state index >= 15 is 0 Å². The first-order valence-electron chi connectivity index (χ1n) is 7.03. The molecule has 2 nitrogen and oxygen atoms in total. The van der Waals surface area contributed by atoms with Crippen molar-refractivity contribution in [2.75, 3.05) is 25.4 Å². The first kappa shape index (κ1) is 15.3. The van der Waals surface area contributed by atoms with Gasteiger partial charge in [0.25, 0.3) is 0 Å². The van der Waals surface area contributed by atoms with Gasteiger partial charge in [0.05, 0.1) is 0 Å². The Labute approximate surface area is 112 Å². The van der Waals surface area contributed by atoms with Gasteiger partial charge in [-0.1, -0.05) is 34.6 Å². The van der Waals surface area contributed by atoms with Crippen LogP contribution in [0.2, 0.25) is 0 Å². The molecular weight excluding hydrogens is 228 g/mol. The van der Waals surface area contributed by atoms with Gasteiger partial charge in [0.2, 0.25) is 0 Å². The topological polar surface area (TPSA) is 29.3 Å². The molecular formula is C14H30N2S. The number of rotatable bonds is 5. The molecule has 1 saturated heterocycles. The molecule has 1 aliphatic rings. The van der Waals surface area contributed by atoms with Gasteiger partial charge in [-0.2, -0.15) is 11.8 Å². The molecule has 0 radical (unpaired) electrons. The highest BCUT2D eigenvalue weighted by atomic mass is 32.2. The van der Waals surface area contributed by atoms with E-state index in [0.29, 0.717) is 17.9 Å². The lowest BCUT2D eigenvalue weighted by atomic mass is 9.79. The highest BCUT2D eigenvalue weighted by Crippen LogP contribution is 2.30. The minimum Gasteiger partial charge on any atom is -0.329 e. The summed E-state index contributed by atoms with van der Waals surface area (Å²) in [6.45, 7) is 14.9. The third-order valence-corrected chi connectivity index (χ3v) is 5.10. The summed E-state index contributed by atoms with van der Waals surface area (Å²) in [6, 6.07) is 0.568. The lowest BCUT2D eigenvalue weighted by Gasteiger charge is -2.43. The van der Waals surface area contributed by atoms with Crippen molar-refractivity contribution in [2.24, 2.45) is 23.5 Å². The fraction of sp³-hybridized carbons (Fsp3) is 1.00. The number of hydrogen-bond acceptors (Lipinski definition) is 3. The first-order chi connectivity index (χ1) is 7.97. The van der Waals surface area contributed by atoms with Gasteiger partial charge in [-0.15, -0.1) is 0 Å². The summed E-state index contributed by atoms with van der Waals surface area (Å²) in [7, 11) is 0. The summed E-state index contributed by atoms with van der Waals surface area (Å²) in [5.41, 5.74) is 6.08. The molecule has 0 spiro atoms. The maximum atomic E-state index is 6.08. The van der Waals surface area contributed by atoms with Crippen LogP contribution in [0.15, 0.2) is 0 Å². The van der Waals surface area contributed by atoms with Crippen LogP contribution in [-0.2, 0) is 0 Å². The zero-order valence-electron chi connectivity index (χ0n) is 12.1. The molecule has 2 atom stereocenters. The Bertz CT molecular complexity index is 210. The van der Waals surface area contributed by atoms with Gasteiger partial charge in [-0.3, -0.25) is 4.90 Å². The lowest BCUT2D eigenvalue weighted by molar-refractivity contribution is 0.0945. The molecule has 1 heterocycles. The summed E-state index contributed by atoms with van der Waals surface area (Å²) in [4.78, 5) is 2.64. The predicted molar refractivity (Wildman–Crippen MR) is 79.5 cm³/mol. The summed E-state index contributed by atoms with van der Waals surface area (Å²) in [5, 5.41) is 0.762. The molecule has 0 aromatic heterocycles. The molecule has 0 bridgehead atoms. The molecule has 0 aromatic carbocycles. The van der Waals surface area contributed by atoms with E-state index in [2.05, 4.69) is 51.3 Å². The van der Waals surface area contributed by atoms with E-state index in [1.165, 1.54) is 18.8 Å². The number of thioether (sulfide) groups is 1. The molecule has 1 rings (SSSR count). The Morgan fingerprint density at radius 3 is 2.24 bits per heavy atom. The van der Waals surface area contributed by atoms with Gasteiger partial charge >= 0.3 is 0 Å². The number of nitrogens with zero attached hydrogens (tertiary/aromatic N) is 1. The molecule has 2 unspecified atom stereocenters. The van der Waals surface area contributed by atoms with Crippen LogP contribution in [0.4, 0.5) is 0 Å². The predicted octanol–water partition coefficient (Wildman–Crippen LogP) is 2.68. The van der Waals surface area contributed by atoms with Crippen LogP contribution in [0.1, 0.15) is 34.6 Å². The maximum Gasteiger partial charge on any atom is 0.0252 e. The zero-order valence-corrected chi connectivity index (χ0v) is 13.0. The van der Waals surface area contributed by atoms with Crippen molar-refractivity contribution in [1.82, 2.24) is 4.90 Å². The van der Waals surface area contributed by atoms with E-state index in [1.807, 2.05) is 0 Å². The van der Waals surface area contributed by atoms with Crippen molar-refractivity contribution in [3.8, 4) is 0 Å². The van der Waals surface area contributed by atoms with Gasteiger partial charge in [-0.25, -0.2) is 0 Å². The standard InChI is InChI=1S/C14H30N2S/c1-10(2)14(11(3)4)13(8-15)16-6-7-17-12(5)9-16/h10-14H,6-9,15H2,1-5H3. The number of hydrogen-bond donors (Lipinski definition) is 1. The van der Waals surface area contributed by atoms with Gasteiger partial charge in [0, 0.05) is 36.7 Å². The van der Waals surface area contributed by atoms with Crippen LogP contribution in [0.5, 0.6) is 0 Å². The minimum atomic E-state index is 0.568. The fourth-order valence-corrected chi connectivity index (χ4v) is 4.39. The van der Waals surface area contributed by atoms with E-state index in [0.717, 1.165) is 17.7 Å². The lowest BCUT2D eigenvalue weighted by Crippen LogP contribution is -2.53. The SMILES string of the molecule is CC1CN(C(CN)C(C(C)C)C(C)C)CCS1. The van der Waals surface area contributed by atoms with Crippen LogP contribution in [-0.4, -0.2) is 41.6 Å². The second kappa shape index (κ2) is 7.01. The van der Waals surface area contributed by atoms with Gasteiger partial charge in [0.15, 0.2) is 0 Å². The van der Waals surface area contributed by atoms with Gasteiger partial charge in [0.1, 0.15) is 0 Å². The molecule has 1 aliphatic heterocycles. The Morgan fingerprint density at radius 2 is 1.82 bits per heavy atom. The summed E-state index contributed by atoms with van der Waals surface area (Å²) >= 11 is 2.10. The van der Waals surface area contributed by atoms with Crippen LogP contribution in [0, 0.1) is 17.8 Å². The summed E-state index contributed by atoms with van der Waals surface area (Å²) in [6.07, 6.45) is 0.